The van der Waals surface area contributed by atoms with Gasteiger partial charge in [0.25, 0.3) is 0 Å². The number of benzene rings is 1. The van der Waals surface area contributed by atoms with Crippen molar-refractivity contribution in [2.45, 2.75) is 18.8 Å². The summed E-state index contributed by atoms with van der Waals surface area (Å²) in [6, 6.07) is 6.35. The lowest BCUT2D eigenvalue weighted by Gasteiger charge is -2.42. The minimum Gasteiger partial charge on any atom is -0.466 e. The highest BCUT2D eigenvalue weighted by atomic mass is 19.1. The normalized spacial score (nSPS) is 17.3. The quantitative estimate of drug-likeness (QED) is 0.809. The second-order valence-corrected chi connectivity index (χ2v) is 4.37. The average molecular weight is 237 g/mol. The fourth-order valence-corrected chi connectivity index (χ4v) is 2.15. The van der Waals surface area contributed by atoms with Gasteiger partial charge < -0.3 is 10.1 Å². The Bertz CT molecular complexity index is 398. The Morgan fingerprint density at radius 1 is 1.41 bits per heavy atom. The molecular formula is C13H16FNO2. The molecule has 0 saturated carbocycles. The number of hydrogen-bond acceptors (Lipinski definition) is 3. The van der Waals surface area contributed by atoms with Gasteiger partial charge in [-0.15, -0.1) is 0 Å². The molecule has 0 amide bonds. The number of hydrogen-bond donors (Lipinski definition) is 1. The van der Waals surface area contributed by atoms with Crippen LogP contribution in [0.1, 0.15) is 18.9 Å². The van der Waals surface area contributed by atoms with Crippen molar-refractivity contribution in [2.75, 3.05) is 19.7 Å². The van der Waals surface area contributed by atoms with Crippen molar-refractivity contribution < 1.29 is 13.9 Å². The Morgan fingerprint density at radius 3 is 2.53 bits per heavy atom. The van der Waals surface area contributed by atoms with Crippen molar-refractivity contribution in [3.05, 3.63) is 35.6 Å². The summed E-state index contributed by atoms with van der Waals surface area (Å²) in [7, 11) is 0. The summed E-state index contributed by atoms with van der Waals surface area (Å²) in [6.07, 6.45) is 0.347. The lowest BCUT2D eigenvalue weighted by Crippen LogP contribution is -2.57. The van der Waals surface area contributed by atoms with Crippen molar-refractivity contribution in [3.8, 4) is 0 Å². The van der Waals surface area contributed by atoms with Crippen molar-refractivity contribution in [2.24, 2.45) is 0 Å². The summed E-state index contributed by atoms with van der Waals surface area (Å²) in [5.74, 6) is -0.453. The molecule has 0 aromatic heterocycles. The predicted molar refractivity (Wildman–Crippen MR) is 62.2 cm³/mol. The highest BCUT2D eigenvalue weighted by Gasteiger charge is 2.41. The Hall–Kier alpha value is -1.42. The standard InChI is InChI=1S/C13H16FNO2/c1-2-17-12(16)7-13(8-15-9-13)10-3-5-11(14)6-4-10/h3-6,15H,2,7-9H2,1H3. The van der Waals surface area contributed by atoms with Crippen LogP contribution in [0.5, 0.6) is 0 Å². The molecule has 0 atom stereocenters. The first-order valence-corrected chi connectivity index (χ1v) is 5.79. The van der Waals surface area contributed by atoms with E-state index in [1.807, 2.05) is 0 Å². The average Bonchev–Trinajstić information content (AvgIpc) is 2.25. The summed E-state index contributed by atoms with van der Waals surface area (Å²) in [5.41, 5.74) is 0.769. The third-order valence-electron chi connectivity index (χ3n) is 3.17. The molecule has 0 unspecified atom stereocenters. The molecular weight excluding hydrogens is 221 g/mol. The van der Waals surface area contributed by atoms with E-state index in [4.69, 9.17) is 4.74 Å². The van der Waals surface area contributed by atoms with Gasteiger partial charge in [-0.05, 0) is 24.6 Å². The molecule has 1 saturated heterocycles. The zero-order chi connectivity index (χ0) is 12.3. The maximum atomic E-state index is 12.9. The van der Waals surface area contributed by atoms with Gasteiger partial charge >= 0.3 is 5.97 Å². The van der Waals surface area contributed by atoms with Crippen molar-refractivity contribution >= 4 is 5.97 Å². The van der Waals surface area contributed by atoms with Crippen LogP contribution in [0, 0.1) is 5.82 Å². The highest BCUT2D eigenvalue weighted by molar-refractivity contribution is 5.72. The molecule has 3 nitrogen and oxygen atoms in total. The first-order chi connectivity index (χ1) is 8.16. The van der Waals surface area contributed by atoms with E-state index in [9.17, 15) is 9.18 Å². The van der Waals surface area contributed by atoms with Gasteiger partial charge in [-0.2, -0.15) is 0 Å². The van der Waals surface area contributed by atoms with Crippen LogP contribution < -0.4 is 5.32 Å². The van der Waals surface area contributed by atoms with E-state index < -0.39 is 0 Å². The fraction of sp³-hybridized carbons (Fsp3) is 0.462. The van der Waals surface area contributed by atoms with E-state index in [2.05, 4.69) is 5.32 Å². The van der Waals surface area contributed by atoms with E-state index in [0.29, 0.717) is 13.0 Å². The highest BCUT2D eigenvalue weighted by Crippen LogP contribution is 2.32. The van der Waals surface area contributed by atoms with Crippen LogP contribution in [-0.2, 0) is 14.9 Å². The van der Waals surface area contributed by atoms with Gasteiger partial charge in [-0.1, -0.05) is 12.1 Å². The summed E-state index contributed by atoms with van der Waals surface area (Å²) < 4.78 is 17.9. The second kappa shape index (κ2) is 4.84. The maximum absolute atomic E-state index is 12.9. The predicted octanol–water partition coefficient (Wildman–Crippen LogP) is 1.62. The SMILES string of the molecule is CCOC(=O)CC1(c2ccc(F)cc2)CNC1. The Balaban J connectivity index is 2.14. The van der Waals surface area contributed by atoms with Crippen molar-refractivity contribution in [3.63, 3.8) is 0 Å². The monoisotopic (exact) mass is 237 g/mol. The van der Waals surface area contributed by atoms with Crippen LogP contribution in [0.2, 0.25) is 0 Å². The summed E-state index contributed by atoms with van der Waals surface area (Å²) in [4.78, 5) is 11.6. The van der Waals surface area contributed by atoms with Crippen LogP contribution in [0.15, 0.2) is 24.3 Å². The summed E-state index contributed by atoms with van der Waals surface area (Å²) in [6.45, 7) is 3.65. The molecule has 1 aromatic carbocycles. The zero-order valence-corrected chi connectivity index (χ0v) is 9.83. The molecule has 4 heteroatoms. The van der Waals surface area contributed by atoms with Crippen LogP contribution in [-0.4, -0.2) is 25.7 Å². The van der Waals surface area contributed by atoms with Crippen LogP contribution >= 0.6 is 0 Å². The number of halogens is 1. The maximum Gasteiger partial charge on any atom is 0.306 e. The molecule has 0 radical (unpaired) electrons. The lowest BCUT2D eigenvalue weighted by molar-refractivity contribution is -0.145. The van der Waals surface area contributed by atoms with E-state index >= 15 is 0 Å². The molecule has 92 valence electrons. The topological polar surface area (TPSA) is 38.3 Å². The molecule has 1 heterocycles. The molecule has 1 fully saturated rings. The molecule has 0 bridgehead atoms. The van der Waals surface area contributed by atoms with E-state index in [-0.39, 0.29) is 17.2 Å². The van der Waals surface area contributed by atoms with E-state index in [1.54, 1.807) is 19.1 Å². The van der Waals surface area contributed by atoms with E-state index in [0.717, 1.165) is 18.7 Å². The fourth-order valence-electron chi connectivity index (χ4n) is 2.15. The van der Waals surface area contributed by atoms with Crippen LogP contribution in [0.4, 0.5) is 4.39 Å². The Morgan fingerprint density at radius 2 is 2.06 bits per heavy atom. The first-order valence-electron chi connectivity index (χ1n) is 5.79. The number of nitrogens with one attached hydrogen (secondary N) is 1. The molecule has 1 aromatic rings. The first kappa shape index (κ1) is 12.0. The van der Waals surface area contributed by atoms with Gasteiger partial charge in [0, 0.05) is 18.5 Å². The molecule has 1 aliphatic rings. The molecule has 1 N–H and O–H groups in total. The molecule has 17 heavy (non-hydrogen) atoms. The van der Waals surface area contributed by atoms with Crippen LogP contribution in [0.25, 0.3) is 0 Å². The smallest absolute Gasteiger partial charge is 0.306 e. The van der Waals surface area contributed by atoms with Gasteiger partial charge in [0.15, 0.2) is 0 Å². The van der Waals surface area contributed by atoms with Crippen molar-refractivity contribution in [1.82, 2.24) is 5.32 Å². The van der Waals surface area contributed by atoms with Gasteiger partial charge in [0.1, 0.15) is 5.82 Å². The summed E-state index contributed by atoms with van der Waals surface area (Å²) in [5, 5.41) is 3.16. The van der Waals surface area contributed by atoms with Gasteiger partial charge in [-0.3, -0.25) is 4.79 Å². The molecule has 0 aliphatic carbocycles. The number of carbonyl (C=O) groups is 1. The Kier molecular flexibility index (Phi) is 3.43. The summed E-state index contributed by atoms with van der Waals surface area (Å²) >= 11 is 0. The number of carbonyl (C=O) groups excluding carboxylic acids is 1. The van der Waals surface area contributed by atoms with E-state index in [1.165, 1.54) is 12.1 Å². The molecule has 0 spiro atoms. The number of rotatable bonds is 4. The molecule has 1 aliphatic heterocycles. The molecule has 2 rings (SSSR count). The largest absolute Gasteiger partial charge is 0.466 e. The minimum absolute atomic E-state index is 0.196. The minimum atomic E-state index is -0.257. The van der Waals surface area contributed by atoms with Gasteiger partial charge in [0.05, 0.1) is 13.0 Å². The number of esters is 1. The number of ether oxygens (including phenoxy) is 1. The van der Waals surface area contributed by atoms with Gasteiger partial charge in [-0.25, -0.2) is 4.39 Å². The van der Waals surface area contributed by atoms with Gasteiger partial charge in [0.2, 0.25) is 0 Å². The third kappa shape index (κ3) is 2.47. The Labute approximate surface area is 100.0 Å². The lowest BCUT2D eigenvalue weighted by atomic mass is 9.72. The van der Waals surface area contributed by atoms with Crippen LogP contribution in [0.3, 0.4) is 0 Å². The second-order valence-electron chi connectivity index (χ2n) is 4.37. The zero-order valence-electron chi connectivity index (χ0n) is 9.83. The van der Waals surface area contributed by atoms with Crippen molar-refractivity contribution in [1.29, 1.82) is 0 Å². The third-order valence-corrected chi connectivity index (χ3v) is 3.17.